The molecule has 2 saturated heterocycles. The fourth-order valence-corrected chi connectivity index (χ4v) is 3.42. The van der Waals surface area contributed by atoms with Crippen molar-refractivity contribution in [2.45, 2.75) is 44.2 Å². The van der Waals surface area contributed by atoms with Crippen molar-refractivity contribution in [1.29, 1.82) is 0 Å². The van der Waals surface area contributed by atoms with Gasteiger partial charge >= 0.3 is 11.9 Å². The quantitative estimate of drug-likeness (QED) is 0.575. The van der Waals surface area contributed by atoms with Gasteiger partial charge in [-0.3, -0.25) is 19.3 Å². The minimum Gasteiger partial charge on any atom is -0.480 e. The van der Waals surface area contributed by atoms with Crippen molar-refractivity contribution in [2.24, 2.45) is 0 Å². The average Bonchev–Trinajstić information content (AvgIpc) is 3.23. The molecular weight excluding hydrogens is 330 g/mol. The first kappa shape index (κ1) is 19.2. The summed E-state index contributed by atoms with van der Waals surface area (Å²) in [4.78, 5) is 50.1. The molecule has 9 nitrogen and oxygen atoms in total. The highest BCUT2D eigenvalue weighted by molar-refractivity contribution is 5.86. The highest BCUT2D eigenvalue weighted by atomic mass is 16.5. The van der Waals surface area contributed by atoms with Crippen LogP contribution in [0.2, 0.25) is 0 Å². The van der Waals surface area contributed by atoms with Gasteiger partial charge in [0.2, 0.25) is 11.8 Å². The van der Waals surface area contributed by atoms with Crippen molar-refractivity contribution in [3.63, 3.8) is 0 Å². The lowest BCUT2D eigenvalue weighted by molar-refractivity contribution is -0.148. The number of nitrogens with zero attached hydrogens (tertiary/aromatic N) is 2. The highest BCUT2D eigenvalue weighted by Gasteiger charge is 2.34. The van der Waals surface area contributed by atoms with Crippen LogP contribution in [0.25, 0.3) is 0 Å². The second kappa shape index (κ2) is 8.80. The van der Waals surface area contributed by atoms with Crippen LogP contribution in [-0.4, -0.2) is 84.0 Å². The third-order valence-corrected chi connectivity index (χ3v) is 4.72. The van der Waals surface area contributed by atoms with E-state index in [0.717, 1.165) is 6.42 Å². The zero-order valence-electron chi connectivity index (χ0n) is 14.4. The van der Waals surface area contributed by atoms with Crippen LogP contribution >= 0.6 is 0 Å². The Hall–Kier alpha value is -2.16. The van der Waals surface area contributed by atoms with Gasteiger partial charge in [0, 0.05) is 19.5 Å². The van der Waals surface area contributed by atoms with Gasteiger partial charge in [0.1, 0.15) is 6.04 Å². The number of amides is 2. The molecule has 0 aromatic rings. The van der Waals surface area contributed by atoms with Crippen LogP contribution in [0.15, 0.2) is 0 Å². The van der Waals surface area contributed by atoms with E-state index in [-0.39, 0.29) is 37.3 Å². The van der Waals surface area contributed by atoms with Crippen LogP contribution < -0.4 is 5.32 Å². The molecule has 2 aliphatic rings. The van der Waals surface area contributed by atoms with Gasteiger partial charge in [-0.1, -0.05) is 0 Å². The molecular formula is C16H25N3O6. The number of carboxylic acids is 1. The monoisotopic (exact) mass is 355 g/mol. The summed E-state index contributed by atoms with van der Waals surface area (Å²) in [5.41, 5.74) is 0. The average molecular weight is 355 g/mol. The number of likely N-dealkylation sites (tertiary alicyclic amines) is 2. The second-order valence-corrected chi connectivity index (χ2v) is 6.33. The van der Waals surface area contributed by atoms with Crippen LogP contribution in [0.5, 0.6) is 0 Å². The van der Waals surface area contributed by atoms with E-state index in [9.17, 15) is 19.2 Å². The molecule has 2 atom stereocenters. The number of ether oxygens (including phenoxy) is 1. The minimum atomic E-state index is -0.987. The lowest BCUT2D eigenvalue weighted by atomic mass is 10.2. The summed E-state index contributed by atoms with van der Waals surface area (Å²) in [6, 6.07) is -1.15. The lowest BCUT2D eigenvalue weighted by Crippen LogP contribution is -2.46. The van der Waals surface area contributed by atoms with Crippen molar-refractivity contribution in [3.8, 4) is 0 Å². The van der Waals surface area contributed by atoms with E-state index in [1.807, 2.05) is 0 Å². The largest absolute Gasteiger partial charge is 0.480 e. The number of aliphatic carboxylic acids is 1. The molecule has 140 valence electrons. The Balaban J connectivity index is 1.77. The summed E-state index contributed by atoms with van der Waals surface area (Å²) < 4.78 is 4.63. The van der Waals surface area contributed by atoms with Crippen LogP contribution in [0.3, 0.4) is 0 Å². The SMILES string of the molecule is COC(=O)CN1CCC[C@H]1C(=O)NCCC(=O)N1CCC[C@H]1C(=O)O. The molecule has 2 aliphatic heterocycles. The van der Waals surface area contributed by atoms with Crippen LogP contribution in [0, 0.1) is 0 Å². The summed E-state index contributed by atoms with van der Waals surface area (Å²) in [6.07, 6.45) is 2.70. The molecule has 0 saturated carbocycles. The number of hydrogen-bond acceptors (Lipinski definition) is 6. The molecule has 2 heterocycles. The van der Waals surface area contributed by atoms with E-state index >= 15 is 0 Å². The number of rotatable bonds is 7. The first-order chi connectivity index (χ1) is 11.9. The zero-order valence-corrected chi connectivity index (χ0v) is 14.4. The van der Waals surface area contributed by atoms with Crippen molar-refractivity contribution >= 4 is 23.8 Å². The number of methoxy groups -OCH3 is 1. The van der Waals surface area contributed by atoms with E-state index in [2.05, 4.69) is 10.1 Å². The highest BCUT2D eigenvalue weighted by Crippen LogP contribution is 2.19. The van der Waals surface area contributed by atoms with Gasteiger partial charge in [-0.15, -0.1) is 0 Å². The molecule has 2 rings (SSSR count). The Bertz CT molecular complexity index is 538. The Morgan fingerprint density at radius 3 is 2.48 bits per heavy atom. The molecule has 2 amide bonds. The third kappa shape index (κ3) is 4.91. The van der Waals surface area contributed by atoms with E-state index in [1.165, 1.54) is 12.0 Å². The van der Waals surface area contributed by atoms with E-state index < -0.39 is 18.1 Å². The Labute approximate surface area is 146 Å². The topological polar surface area (TPSA) is 116 Å². The van der Waals surface area contributed by atoms with Crippen molar-refractivity contribution < 1.29 is 29.0 Å². The number of hydrogen-bond donors (Lipinski definition) is 2. The Morgan fingerprint density at radius 1 is 1.12 bits per heavy atom. The van der Waals surface area contributed by atoms with Gasteiger partial charge in [0.15, 0.2) is 0 Å². The molecule has 9 heteroatoms. The van der Waals surface area contributed by atoms with Gasteiger partial charge in [0.05, 0.1) is 19.7 Å². The fourth-order valence-electron chi connectivity index (χ4n) is 3.42. The maximum atomic E-state index is 12.3. The standard InChI is InChI=1S/C16H25N3O6/c1-25-14(21)10-18-8-2-4-11(18)15(22)17-7-6-13(20)19-9-3-5-12(19)16(23)24/h11-12H,2-10H2,1H3,(H,17,22)(H,23,24)/t11-,12-/m0/s1. The number of carbonyl (C=O) groups is 4. The molecule has 25 heavy (non-hydrogen) atoms. The van der Waals surface area contributed by atoms with Gasteiger partial charge in [0.25, 0.3) is 0 Å². The summed E-state index contributed by atoms with van der Waals surface area (Å²) in [7, 11) is 1.31. The predicted octanol–water partition coefficient (Wildman–Crippen LogP) is -0.794. The summed E-state index contributed by atoms with van der Waals surface area (Å²) in [5.74, 6) is -1.85. The van der Waals surface area contributed by atoms with Crippen molar-refractivity contribution in [2.75, 3.05) is 33.3 Å². The normalized spacial score (nSPS) is 23.5. The van der Waals surface area contributed by atoms with Gasteiger partial charge in [-0.25, -0.2) is 4.79 Å². The smallest absolute Gasteiger partial charge is 0.326 e. The Kier molecular flexibility index (Phi) is 6.74. The van der Waals surface area contributed by atoms with Crippen molar-refractivity contribution in [3.05, 3.63) is 0 Å². The molecule has 0 unspecified atom stereocenters. The molecule has 0 aromatic carbocycles. The van der Waals surface area contributed by atoms with Gasteiger partial charge < -0.3 is 20.1 Å². The van der Waals surface area contributed by atoms with E-state index in [4.69, 9.17) is 5.11 Å². The van der Waals surface area contributed by atoms with Crippen LogP contribution in [-0.2, 0) is 23.9 Å². The number of nitrogens with one attached hydrogen (secondary N) is 1. The zero-order chi connectivity index (χ0) is 18.4. The number of carbonyl (C=O) groups excluding carboxylic acids is 3. The molecule has 0 radical (unpaired) electrons. The van der Waals surface area contributed by atoms with Gasteiger partial charge in [-0.2, -0.15) is 0 Å². The minimum absolute atomic E-state index is 0.0687. The second-order valence-electron chi connectivity index (χ2n) is 6.33. The summed E-state index contributed by atoms with van der Waals surface area (Å²) in [6.45, 7) is 1.32. The first-order valence-electron chi connectivity index (χ1n) is 8.55. The third-order valence-electron chi connectivity index (χ3n) is 4.72. The maximum absolute atomic E-state index is 12.3. The summed E-state index contributed by atoms with van der Waals surface area (Å²) >= 11 is 0. The summed E-state index contributed by atoms with van der Waals surface area (Å²) in [5, 5.41) is 11.8. The molecule has 0 aliphatic carbocycles. The maximum Gasteiger partial charge on any atom is 0.326 e. The van der Waals surface area contributed by atoms with E-state index in [1.54, 1.807) is 4.90 Å². The predicted molar refractivity (Wildman–Crippen MR) is 86.6 cm³/mol. The van der Waals surface area contributed by atoms with Crippen LogP contribution in [0.1, 0.15) is 32.1 Å². The van der Waals surface area contributed by atoms with Crippen molar-refractivity contribution in [1.82, 2.24) is 15.1 Å². The molecule has 0 spiro atoms. The van der Waals surface area contributed by atoms with Gasteiger partial charge in [-0.05, 0) is 32.2 Å². The molecule has 2 N–H and O–H groups in total. The lowest BCUT2D eigenvalue weighted by Gasteiger charge is -2.23. The number of carboxylic acid groups (broad SMARTS) is 1. The Morgan fingerprint density at radius 2 is 1.80 bits per heavy atom. The van der Waals surface area contributed by atoms with E-state index in [0.29, 0.717) is 32.4 Å². The first-order valence-corrected chi connectivity index (χ1v) is 8.55. The molecule has 2 fully saturated rings. The molecule has 0 bridgehead atoms. The van der Waals surface area contributed by atoms with Crippen LogP contribution in [0.4, 0.5) is 0 Å². The fraction of sp³-hybridized carbons (Fsp3) is 0.750. The number of esters is 1. The molecule has 0 aromatic heterocycles.